The smallest absolute Gasteiger partial charge is 0.259 e. The second-order valence-corrected chi connectivity index (χ2v) is 8.85. The third-order valence-corrected chi connectivity index (χ3v) is 6.80. The molecule has 0 atom stereocenters. The van der Waals surface area contributed by atoms with E-state index in [2.05, 4.69) is 34.7 Å². The second-order valence-electron chi connectivity index (χ2n) is 7.56. The van der Waals surface area contributed by atoms with E-state index in [-0.39, 0.29) is 5.91 Å². The lowest BCUT2D eigenvalue weighted by Crippen LogP contribution is -2.17. The number of nitrogens with one attached hydrogen (secondary N) is 1. The topological polar surface area (TPSA) is 56.1 Å². The minimum absolute atomic E-state index is 0.124. The first-order chi connectivity index (χ1) is 14.7. The number of benzene rings is 2. The van der Waals surface area contributed by atoms with Crippen LogP contribution in [0, 0.1) is 6.92 Å². The number of carbonyl (C=O) groups is 1. The van der Waals surface area contributed by atoms with E-state index in [0.29, 0.717) is 17.4 Å². The fourth-order valence-electron chi connectivity index (χ4n) is 3.58. The third-order valence-electron chi connectivity index (χ3n) is 5.36. The van der Waals surface area contributed by atoms with Crippen LogP contribution in [-0.2, 0) is 17.0 Å². The van der Waals surface area contributed by atoms with Gasteiger partial charge in [-0.05, 0) is 43.0 Å². The van der Waals surface area contributed by atoms with E-state index >= 15 is 0 Å². The number of ether oxygens (including phenoxy) is 1. The molecule has 30 heavy (non-hydrogen) atoms. The number of amides is 1. The highest BCUT2D eigenvalue weighted by molar-refractivity contribution is 7.99. The summed E-state index contributed by atoms with van der Waals surface area (Å²) in [7, 11) is 0. The van der Waals surface area contributed by atoms with Gasteiger partial charge in [-0.2, -0.15) is 16.9 Å². The Hall–Kier alpha value is -2.57. The van der Waals surface area contributed by atoms with Gasteiger partial charge in [0.25, 0.3) is 5.91 Å². The van der Waals surface area contributed by atoms with Crippen LogP contribution in [-0.4, -0.2) is 34.2 Å². The van der Waals surface area contributed by atoms with Gasteiger partial charge in [0, 0.05) is 35.6 Å². The highest BCUT2D eigenvalue weighted by Gasteiger charge is 2.16. The standard InChI is InChI=1S/C24H27N3O2S/c1-18-23(15-25-27(18)16-19-6-3-2-4-7-19)24(28)26-21-9-5-8-20(14-21)17-30-22-10-12-29-13-11-22/h2-9,14-15,22H,10-13,16-17H2,1H3,(H,26,28). The Balaban J connectivity index is 1.38. The number of hydrogen-bond acceptors (Lipinski definition) is 4. The number of rotatable bonds is 7. The van der Waals surface area contributed by atoms with Crippen molar-refractivity contribution in [2.45, 2.75) is 37.3 Å². The molecular weight excluding hydrogens is 394 g/mol. The molecule has 2 heterocycles. The van der Waals surface area contributed by atoms with E-state index in [1.807, 2.05) is 53.7 Å². The zero-order valence-corrected chi connectivity index (χ0v) is 18.0. The van der Waals surface area contributed by atoms with Crippen LogP contribution < -0.4 is 5.32 Å². The molecule has 1 aliphatic rings. The van der Waals surface area contributed by atoms with E-state index in [0.717, 1.165) is 48.8 Å². The van der Waals surface area contributed by atoms with E-state index in [9.17, 15) is 4.79 Å². The van der Waals surface area contributed by atoms with Crippen LogP contribution in [0.25, 0.3) is 0 Å². The fourth-order valence-corrected chi connectivity index (χ4v) is 4.71. The molecule has 4 rings (SSSR count). The lowest BCUT2D eigenvalue weighted by Gasteiger charge is -2.21. The first-order valence-electron chi connectivity index (χ1n) is 10.3. The number of anilines is 1. The van der Waals surface area contributed by atoms with Crippen LogP contribution in [0.2, 0.25) is 0 Å². The molecule has 0 bridgehead atoms. The summed E-state index contributed by atoms with van der Waals surface area (Å²) in [6.45, 7) is 4.32. The number of carbonyl (C=O) groups excluding carboxylic acids is 1. The van der Waals surface area contributed by atoms with Gasteiger partial charge in [-0.15, -0.1) is 0 Å². The maximum Gasteiger partial charge on any atom is 0.259 e. The highest BCUT2D eigenvalue weighted by Crippen LogP contribution is 2.26. The molecule has 1 aromatic heterocycles. The molecule has 1 aliphatic heterocycles. The molecule has 1 N–H and O–H groups in total. The lowest BCUT2D eigenvalue weighted by molar-refractivity contribution is 0.1000. The zero-order chi connectivity index (χ0) is 20.8. The maximum absolute atomic E-state index is 12.8. The molecule has 0 saturated carbocycles. The lowest BCUT2D eigenvalue weighted by atomic mass is 10.2. The Morgan fingerprint density at radius 3 is 2.70 bits per heavy atom. The van der Waals surface area contributed by atoms with Crippen molar-refractivity contribution in [1.82, 2.24) is 9.78 Å². The van der Waals surface area contributed by atoms with Gasteiger partial charge in [0.2, 0.25) is 0 Å². The molecule has 0 aliphatic carbocycles. The quantitative estimate of drug-likeness (QED) is 0.589. The normalized spacial score (nSPS) is 14.6. The van der Waals surface area contributed by atoms with Crippen molar-refractivity contribution in [2.75, 3.05) is 18.5 Å². The first kappa shape index (κ1) is 20.7. The number of aromatic nitrogens is 2. The largest absolute Gasteiger partial charge is 0.381 e. The average Bonchev–Trinajstić information content (AvgIpc) is 3.14. The van der Waals surface area contributed by atoms with Crippen LogP contribution in [0.3, 0.4) is 0 Å². The van der Waals surface area contributed by atoms with Gasteiger partial charge in [0.1, 0.15) is 0 Å². The van der Waals surface area contributed by atoms with Gasteiger partial charge < -0.3 is 10.1 Å². The molecule has 0 radical (unpaired) electrons. The number of nitrogens with zero attached hydrogens (tertiary/aromatic N) is 2. The maximum atomic E-state index is 12.8. The molecular formula is C24H27N3O2S. The van der Waals surface area contributed by atoms with Crippen molar-refractivity contribution in [3.63, 3.8) is 0 Å². The second kappa shape index (κ2) is 9.96. The Labute approximate surface area is 181 Å². The third kappa shape index (κ3) is 5.32. The summed E-state index contributed by atoms with van der Waals surface area (Å²) < 4.78 is 7.30. The molecule has 1 amide bonds. The van der Waals surface area contributed by atoms with E-state index in [1.54, 1.807) is 6.20 Å². The summed E-state index contributed by atoms with van der Waals surface area (Å²) in [5, 5.41) is 8.11. The Morgan fingerprint density at radius 2 is 1.90 bits per heavy atom. The van der Waals surface area contributed by atoms with Gasteiger partial charge in [-0.3, -0.25) is 9.48 Å². The number of thioether (sulfide) groups is 1. The predicted molar refractivity (Wildman–Crippen MR) is 122 cm³/mol. The minimum Gasteiger partial charge on any atom is -0.381 e. The predicted octanol–water partition coefficient (Wildman–Crippen LogP) is 4.90. The molecule has 5 nitrogen and oxygen atoms in total. The minimum atomic E-state index is -0.124. The summed E-state index contributed by atoms with van der Waals surface area (Å²) in [5.41, 5.74) is 4.67. The molecule has 0 spiro atoms. The first-order valence-corrected chi connectivity index (χ1v) is 11.4. The van der Waals surface area contributed by atoms with E-state index in [4.69, 9.17) is 4.74 Å². The van der Waals surface area contributed by atoms with Gasteiger partial charge >= 0.3 is 0 Å². The van der Waals surface area contributed by atoms with Crippen molar-refractivity contribution in [3.05, 3.63) is 83.2 Å². The van der Waals surface area contributed by atoms with E-state index in [1.165, 1.54) is 5.56 Å². The summed E-state index contributed by atoms with van der Waals surface area (Å²) in [6.07, 6.45) is 3.89. The molecule has 0 unspecified atom stereocenters. The summed E-state index contributed by atoms with van der Waals surface area (Å²) in [5.74, 6) is 0.823. The van der Waals surface area contributed by atoms with Crippen LogP contribution in [0.15, 0.2) is 60.8 Å². The summed E-state index contributed by atoms with van der Waals surface area (Å²) in [6, 6.07) is 18.2. The summed E-state index contributed by atoms with van der Waals surface area (Å²) in [4.78, 5) is 12.8. The van der Waals surface area contributed by atoms with Crippen molar-refractivity contribution in [1.29, 1.82) is 0 Å². The van der Waals surface area contributed by atoms with E-state index < -0.39 is 0 Å². The van der Waals surface area contributed by atoms with Crippen molar-refractivity contribution in [3.8, 4) is 0 Å². The Morgan fingerprint density at radius 1 is 1.13 bits per heavy atom. The molecule has 1 fully saturated rings. The van der Waals surface area contributed by atoms with Crippen LogP contribution in [0.1, 0.15) is 40.0 Å². The van der Waals surface area contributed by atoms with Gasteiger partial charge in [0.15, 0.2) is 0 Å². The van der Waals surface area contributed by atoms with Crippen molar-refractivity contribution < 1.29 is 9.53 Å². The molecule has 2 aromatic carbocycles. The highest BCUT2D eigenvalue weighted by atomic mass is 32.2. The van der Waals surface area contributed by atoms with Crippen LogP contribution in [0.4, 0.5) is 5.69 Å². The van der Waals surface area contributed by atoms with Gasteiger partial charge in [0.05, 0.1) is 18.3 Å². The zero-order valence-electron chi connectivity index (χ0n) is 17.2. The van der Waals surface area contributed by atoms with Crippen LogP contribution in [0.5, 0.6) is 0 Å². The monoisotopic (exact) mass is 421 g/mol. The fraction of sp³-hybridized carbons (Fsp3) is 0.333. The van der Waals surface area contributed by atoms with Crippen LogP contribution >= 0.6 is 11.8 Å². The molecule has 3 aromatic rings. The Bertz CT molecular complexity index is 981. The van der Waals surface area contributed by atoms with Gasteiger partial charge in [-0.1, -0.05) is 42.5 Å². The average molecular weight is 422 g/mol. The SMILES string of the molecule is Cc1c(C(=O)Nc2cccc(CSC3CCOCC3)c2)cnn1Cc1ccccc1. The molecule has 156 valence electrons. The number of hydrogen-bond donors (Lipinski definition) is 1. The summed E-state index contributed by atoms with van der Waals surface area (Å²) >= 11 is 1.98. The van der Waals surface area contributed by atoms with Crippen molar-refractivity contribution >= 4 is 23.4 Å². The molecule has 1 saturated heterocycles. The molecule has 6 heteroatoms. The Kier molecular flexibility index (Phi) is 6.87. The van der Waals surface area contributed by atoms with Gasteiger partial charge in [-0.25, -0.2) is 0 Å². The van der Waals surface area contributed by atoms with Crippen molar-refractivity contribution in [2.24, 2.45) is 0 Å².